The van der Waals surface area contributed by atoms with E-state index in [4.69, 9.17) is 27.0 Å². The SMILES string of the molecule is Nc1nc(N)nc(N)n1.O=P(O)(O)ON1CCNCC1. The lowest BCUT2D eigenvalue weighted by atomic mass is 10.4. The van der Waals surface area contributed by atoms with Gasteiger partial charge in [-0.05, 0) is 0 Å². The van der Waals surface area contributed by atoms with E-state index >= 15 is 0 Å². The van der Waals surface area contributed by atoms with E-state index in [0.717, 1.165) is 0 Å². The topological polar surface area (TPSA) is 199 Å². The Bertz CT molecular complexity index is 425. The van der Waals surface area contributed by atoms with Gasteiger partial charge in [-0.25, -0.2) is 4.57 Å². The minimum Gasteiger partial charge on any atom is -0.368 e. The van der Waals surface area contributed by atoms with Crippen LogP contribution in [0.3, 0.4) is 0 Å². The number of aromatic nitrogens is 3. The van der Waals surface area contributed by atoms with Crippen molar-refractivity contribution in [1.29, 1.82) is 0 Å². The third kappa shape index (κ3) is 7.13. The van der Waals surface area contributed by atoms with E-state index in [-0.39, 0.29) is 17.8 Å². The Kier molecular flexibility index (Phi) is 6.01. The number of nitrogens with two attached hydrogens (primary N) is 3. The van der Waals surface area contributed by atoms with Crippen LogP contribution in [0, 0.1) is 0 Å². The third-order valence-corrected chi connectivity index (χ3v) is 2.43. The maximum Gasteiger partial charge on any atom is 0.486 e. The Morgan fingerprint density at radius 2 is 1.45 bits per heavy atom. The predicted molar refractivity (Wildman–Crippen MR) is 70.6 cm³/mol. The van der Waals surface area contributed by atoms with Crippen LogP contribution in [-0.4, -0.2) is 56.0 Å². The summed E-state index contributed by atoms with van der Waals surface area (Å²) < 4.78 is 14.6. The molecule has 0 aromatic carbocycles. The van der Waals surface area contributed by atoms with Gasteiger partial charge < -0.3 is 32.3 Å². The number of anilines is 3. The molecule has 0 amide bonds. The van der Waals surface area contributed by atoms with Crippen molar-refractivity contribution in [3.8, 4) is 0 Å². The molecule has 0 bridgehead atoms. The zero-order valence-corrected chi connectivity index (χ0v) is 11.4. The van der Waals surface area contributed by atoms with Gasteiger partial charge in [-0.15, -0.1) is 0 Å². The Morgan fingerprint density at radius 1 is 1.05 bits per heavy atom. The highest BCUT2D eigenvalue weighted by Gasteiger charge is 2.21. The zero-order chi connectivity index (χ0) is 15.2. The van der Waals surface area contributed by atoms with Crippen molar-refractivity contribution in [2.45, 2.75) is 0 Å². The summed E-state index contributed by atoms with van der Waals surface area (Å²) in [7, 11) is -4.34. The predicted octanol–water partition coefficient (Wildman–Crippen LogP) is -2.47. The maximum atomic E-state index is 10.3. The van der Waals surface area contributed by atoms with E-state index in [0.29, 0.717) is 26.2 Å². The molecule has 1 aliphatic rings. The molecule has 0 spiro atoms. The molecule has 12 nitrogen and oxygen atoms in total. The summed E-state index contributed by atoms with van der Waals surface area (Å²) in [4.78, 5) is 27.3. The number of hydrogen-bond acceptors (Lipinski definition) is 10. The molecule has 2 heterocycles. The summed E-state index contributed by atoms with van der Waals surface area (Å²) >= 11 is 0. The van der Waals surface area contributed by atoms with Crippen LogP contribution in [0.4, 0.5) is 17.8 Å². The first-order valence-corrected chi connectivity index (χ1v) is 7.03. The molecule has 0 radical (unpaired) electrons. The standard InChI is InChI=1S/C4H11N2O4P.C3H6N6/c7-11(8,9)10-6-3-1-5-2-4-6;4-1-7-2(5)9-3(6)8-1/h5H,1-4H2,(H2,7,8,9);(H6,4,5,6,7,8,9). The van der Waals surface area contributed by atoms with Crippen molar-refractivity contribution in [2.75, 3.05) is 43.4 Å². The summed E-state index contributed by atoms with van der Waals surface area (Å²) in [6.45, 7) is 2.40. The number of rotatable bonds is 2. The summed E-state index contributed by atoms with van der Waals surface area (Å²) in [5, 5.41) is 4.30. The molecule has 1 aromatic rings. The molecule has 0 unspecified atom stereocenters. The average Bonchev–Trinajstić information content (AvgIpc) is 2.26. The Morgan fingerprint density at radius 3 is 1.80 bits per heavy atom. The lowest BCUT2D eigenvalue weighted by Crippen LogP contribution is -2.42. The lowest BCUT2D eigenvalue weighted by molar-refractivity contribution is -0.0877. The van der Waals surface area contributed by atoms with E-state index in [2.05, 4.69) is 24.9 Å². The molecule has 1 saturated heterocycles. The highest BCUT2D eigenvalue weighted by Crippen LogP contribution is 2.36. The fourth-order valence-corrected chi connectivity index (χ4v) is 1.77. The smallest absolute Gasteiger partial charge is 0.368 e. The molecule has 2 rings (SSSR count). The van der Waals surface area contributed by atoms with E-state index in [1.807, 2.05) is 0 Å². The Balaban J connectivity index is 0.000000204. The second-order valence-corrected chi connectivity index (χ2v) is 4.81. The van der Waals surface area contributed by atoms with Crippen molar-refractivity contribution in [3.05, 3.63) is 0 Å². The first kappa shape index (κ1) is 16.5. The van der Waals surface area contributed by atoms with Gasteiger partial charge in [-0.2, -0.15) is 24.6 Å². The molecule has 0 aliphatic carbocycles. The summed E-state index contributed by atoms with van der Waals surface area (Å²) in [5.41, 5.74) is 15.4. The number of phosphoric acid groups is 1. The molecule has 1 aliphatic heterocycles. The molecule has 20 heavy (non-hydrogen) atoms. The summed E-state index contributed by atoms with van der Waals surface area (Å²) in [5.74, 6) is 0.125. The minimum absolute atomic E-state index is 0.0417. The molecule has 0 saturated carbocycles. The number of hydrogen-bond donors (Lipinski definition) is 6. The van der Waals surface area contributed by atoms with Crippen LogP contribution in [0.25, 0.3) is 0 Å². The van der Waals surface area contributed by atoms with Gasteiger partial charge in [0.2, 0.25) is 17.8 Å². The number of nitrogens with zero attached hydrogens (tertiary/aromatic N) is 4. The van der Waals surface area contributed by atoms with Gasteiger partial charge >= 0.3 is 7.82 Å². The first-order chi connectivity index (χ1) is 9.26. The maximum absolute atomic E-state index is 10.3. The van der Waals surface area contributed by atoms with Crippen LogP contribution >= 0.6 is 7.82 Å². The number of nitrogen functional groups attached to an aromatic ring is 3. The molecule has 114 valence electrons. The van der Waals surface area contributed by atoms with Crippen molar-refractivity contribution >= 4 is 25.7 Å². The van der Waals surface area contributed by atoms with Gasteiger partial charge in [0.1, 0.15) is 0 Å². The fraction of sp³-hybridized carbons (Fsp3) is 0.571. The quantitative estimate of drug-likeness (QED) is 0.315. The molecule has 0 atom stereocenters. The largest absolute Gasteiger partial charge is 0.486 e. The van der Waals surface area contributed by atoms with Gasteiger partial charge in [-0.1, -0.05) is 0 Å². The van der Waals surface area contributed by atoms with Gasteiger partial charge in [0.25, 0.3) is 0 Å². The van der Waals surface area contributed by atoms with E-state index in [1.54, 1.807) is 0 Å². The van der Waals surface area contributed by atoms with E-state index < -0.39 is 7.82 Å². The number of nitrogens with one attached hydrogen (secondary N) is 1. The van der Waals surface area contributed by atoms with Crippen LogP contribution in [0.2, 0.25) is 0 Å². The number of piperazine rings is 1. The molecular weight excluding hydrogens is 291 g/mol. The third-order valence-electron chi connectivity index (χ3n) is 1.99. The van der Waals surface area contributed by atoms with Crippen molar-refractivity contribution < 1.29 is 19.0 Å². The van der Waals surface area contributed by atoms with Gasteiger partial charge in [0.15, 0.2) is 0 Å². The second kappa shape index (κ2) is 7.28. The van der Waals surface area contributed by atoms with E-state index in [1.165, 1.54) is 5.06 Å². The molecule has 13 heteroatoms. The van der Waals surface area contributed by atoms with Crippen molar-refractivity contribution in [2.24, 2.45) is 0 Å². The molecule has 1 aromatic heterocycles. The minimum atomic E-state index is -4.34. The number of hydroxylamine groups is 2. The Labute approximate surface area is 114 Å². The summed E-state index contributed by atoms with van der Waals surface area (Å²) in [6, 6.07) is 0. The average molecular weight is 308 g/mol. The van der Waals surface area contributed by atoms with Crippen molar-refractivity contribution in [1.82, 2.24) is 25.3 Å². The van der Waals surface area contributed by atoms with Crippen LogP contribution < -0.4 is 22.5 Å². The van der Waals surface area contributed by atoms with Gasteiger partial charge in [0.05, 0.1) is 0 Å². The molecule has 9 N–H and O–H groups in total. The van der Waals surface area contributed by atoms with Gasteiger partial charge in [-0.3, -0.25) is 0 Å². The van der Waals surface area contributed by atoms with Crippen LogP contribution in [0.5, 0.6) is 0 Å². The molecular formula is C7H17N8O4P. The zero-order valence-electron chi connectivity index (χ0n) is 10.5. The lowest BCUT2D eigenvalue weighted by Gasteiger charge is -2.25. The summed E-state index contributed by atoms with van der Waals surface area (Å²) in [6.07, 6.45) is 0. The van der Waals surface area contributed by atoms with Gasteiger partial charge in [0, 0.05) is 26.2 Å². The van der Waals surface area contributed by atoms with Crippen LogP contribution in [-0.2, 0) is 9.19 Å². The van der Waals surface area contributed by atoms with Crippen LogP contribution in [0.1, 0.15) is 0 Å². The van der Waals surface area contributed by atoms with E-state index in [9.17, 15) is 4.57 Å². The monoisotopic (exact) mass is 308 g/mol. The van der Waals surface area contributed by atoms with Crippen LogP contribution in [0.15, 0.2) is 0 Å². The second-order valence-electron chi connectivity index (χ2n) is 3.66. The highest BCUT2D eigenvalue weighted by atomic mass is 31.2. The fourth-order valence-electron chi connectivity index (χ4n) is 1.30. The molecule has 1 fully saturated rings. The highest BCUT2D eigenvalue weighted by molar-refractivity contribution is 7.46. The first-order valence-electron chi connectivity index (χ1n) is 5.49. The van der Waals surface area contributed by atoms with Crippen molar-refractivity contribution in [3.63, 3.8) is 0 Å². The normalized spacial score (nSPS) is 16.3. The Hall–Kier alpha value is -1.56.